The van der Waals surface area contributed by atoms with Crippen LogP contribution in [0.4, 0.5) is 13.2 Å². The third-order valence-electron chi connectivity index (χ3n) is 11.3. The molecule has 4 saturated carbocycles. The summed E-state index contributed by atoms with van der Waals surface area (Å²) in [6, 6.07) is 0. The molecule has 0 aromatic rings. The number of Topliss-reactive ketones (excluding diaryl/α,β-unsaturated/α-hetero) is 1. The summed E-state index contributed by atoms with van der Waals surface area (Å²) in [6.07, 6.45) is -2.73. The Morgan fingerprint density at radius 3 is 1.74 bits per heavy atom. The Balaban J connectivity index is 2.05. The largest absolute Gasteiger partial charge is 0.454 e. The van der Waals surface area contributed by atoms with E-state index in [1.54, 1.807) is 27.7 Å². The SMILES string of the molecule is C=C(C)C(=O)OCC(=O)CC12CC3CC(C(C)(C)OC(C)C(C)(C)O)(C1)CC(C(C)(C)OC(C)C(C)(O)C(F)(F)F)(C3)C2. The third kappa shape index (κ3) is 6.73. The van der Waals surface area contributed by atoms with Gasteiger partial charge in [-0.25, -0.2) is 4.79 Å². The highest BCUT2D eigenvalue weighted by atomic mass is 19.4. The second kappa shape index (κ2) is 11.1. The number of halogens is 3. The fourth-order valence-corrected chi connectivity index (χ4v) is 8.54. The van der Waals surface area contributed by atoms with Crippen molar-refractivity contribution in [2.45, 2.75) is 155 Å². The van der Waals surface area contributed by atoms with Crippen LogP contribution in [0.2, 0.25) is 0 Å². The van der Waals surface area contributed by atoms with Crippen LogP contribution >= 0.6 is 0 Å². The zero-order valence-electron chi connectivity index (χ0n) is 27.7. The van der Waals surface area contributed by atoms with Gasteiger partial charge in [-0.2, -0.15) is 13.2 Å². The summed E-state index contributed by atoms with van der Waals surface area (Å²) in [7, 11) is 0. The molecule has 0 heterocycles. The number of rotatable bonds is 13. The molecule has 43 heavy (non-hydrogen) atoms. The third-order valence-corrected chi connectivity index (χ3v) is 11.3. The van der Waals surface area contributed by atoms with E-state index in [2.05, 4.69) is 6.58 Å². The molecule has 0 amide bonds. The lowest BCUT2D eigenvalue weighted by atomic mass is 9.34. The first kappa shape index (κ1) is 36.0. The van der Waals surface area contributed by atoms with Gasteiger partial charge in [-0.05, 0) is 119 Å². The summed E-state index contributed by atoms with van der Waals surface area (Å²) in [6.45, 7) is 19.5. The monoisotopic (exact) mass is 618 g/mol. The minimum absolute atomic E-state index is 0.152. The van der Waals surface area contributed by atoms with Crippen molar-refractivity contribution in [1.29, 1.82) is 0 Å². The molecule has 4 aliphatic rings. The number of ketones is 1. The first-order chi connectivity index (χ1) is 19.1. The van der Waals surface area contributed by atoms with Crippen LogP contribution < -0.4 is 0 Å². The summed E-state index contributed by atoms with van der Waals surface area (Å²) in [5, 5.41) is 21.2. The maximum absolute atomic E-state index is 13.8. The highest BCUT2D eigenvalue weighted by Crippen LogP contribution is 2.76. The minimum atomic E-state index is -4.89. The smallest absolute Gasteiger partial charge is 0.419 e. The van der Waals surface area contributed by atoms with Crippen molar-refractivity contribution in [3.8, 4) is 0 Å². The average Bonchev–Trinajstić information content (AvgIpc) is 2.79. The molecule has 0 radical (unpaired) electrons. The van der Waals surface area contributed by atoms with E-state index >= 15 is 0 Å². The van der Waals surface area contributed by atoms with Gasteiger partial charge < -0.3 is 24.4 Å². The lowest BCUT2D eigenvalue weighted by Crippen LogP contribution is -2.69. The second-order valence-electron chi connectivity index (χ2n) is 16.0. The van der Waals surface area contributed by atoms with E-state index in [9.17, 15) is 33.0 Å². The predicted molar refractivity (Wildman–Crippen MR) is 156 cm³/mol. The molecule has 7 atom stereocenters. The quantitative estimate of drug-likeness (QED) is 0.180. The van der Waals surface area contributed by atoms with Crippen LogP contribution in [0, 0.1) is 22.2 Å². The van der Waals surface area contributed by atoms with Crippen LogP contribution in [-0.4, -0.2) is 69.4 Å². The lowest BCUT2D eigenvalue weighted by molar-refractivity contribution is -0.327. The predicted octanol–water partition coefficient (Wildman–Crippen LogP) is 6.47. The Labute approximate surface area is 254 Å². The van der Waals surface area contributed by atoms with Gasteiger partial charge in [-0.3, -0.25) is 4.79 Å². The molecule has 0 spiro atoms. The van der Waals surface area contributed by atoms with Crippen LogP contribution in [0.25, 0.3) is 0 Å². The number of ether oxygens (including phenoxy) is 3. The van der Waals surface area contributed by atoms with E-state index in [0.29, 0.717) is 25.7 Å². The molecule has 4 rings (SSSR count). The number of carbonyl (C=O) groups excluding carboxylic acids is 2. The number of esters is 1. The summed E-state index contributed by atoms with van der Waals surface area (Å²) >= 11 is 0. The van der Waals surface area contributed by atoms with E-state index in [0.717, 1.165) is 19.8 Å². The Morgan fingerprint density at radius 1 is 0.860 bits per heavy atom. The van der Waals surface area contributed by atoms with Crippen LogP contribution in [0.1, 0.15) is 114 Å². The topological polar surface area (TPSA) is 102 Å². The van der Waals surface area contributed by atoms with E-state index in [1.807, 2.05) is 20.8 Å². The first-order valence-electron chi connectivity index (χ1n) is 15.3. The highest BCUT2D eigenvalue weighted by molar-refractivity contribution is 5.90. The van der Waals surface area contributed by atoms with Gasteiger partial charge in [-0.1, -0.05) is 6.58 Å². The molecule has 0 saturated heterocycles. The molecule has 0 aromatic heterocycles. The molecule has 4 aliphatic carbocycles. The zero-order chi connectivity index (χ0) is 33.2. The van der Waals surface area contributed by atoms with Gasteiger partial charge in [0.05, 0.1) is 29.0 Å². The fraction of sp³-hybridized carbons (Fsp3) is 0.879. The van der Waals surface area contributed by atoms with Gasteiger partial charge in [0.25, 0.3) is 0 Å². The van der Waals surface area contributed by atoms with Gasteiger partial charge in [0.15, 0.2) is 11.4 Å². The van der Waals surface area contributed by atoms with Gasteiger partial charge in [0.1, 0.15) is 6.61 Å². The molecule has 7 nitrogen and oxygen atoms in total. The summed E-state index contributed by atoms with van der Waals surface area (Å²) in [5.74, 6) is -0.705. The molecule has 248 valence electrons. The Bertz CT molecular complexity index is 1100. The van der Waals surface area contributed by atoms with E-state index in [4.69, 9.17) is 14.2 Å². The van der Waals surface area contributed by atoms with Gasteiger partial charge in [0.2, 0.25) is 0 Å². The van der Waals surface area contributed by atoms with Crippen molar-refractivity contribution < 1.29 is 47.2 Å². The number of hydrogen-bond acceptors (Lipinski definition) is 7. The standard InChI is InChI=1S/C33H53F3O7/c1-20(2)25(38)41-16-24(37)15-30-12-23-13-31(17-30,27(7,8)42-21(3)26(5,6)39)19-32(14-23,18-30)28(9,10)43-22(4)29(11,40)33(34,35)36/h21-23,39-40H,1,12-19H2,2-11H3. The number of alkyl halides is 3. The van der Waals surface area contributed by atoms with Crippen molar-refractivity contribution in [2.75, 3.05) is 6.61 Å². The first-order valence-corrected chi connectivity index (χ1v) is 15.3. The van der Waals surface area contributed by atoms with Crippen molar-refractivity contribution in [3.05, 3.63) is 12.2 Å². The maximum atomic E-state index is 13.8. The molecular weight excluding hydrogens is 565 g/mol. The van der Waals surface area contributed by atoms with Crippen LogP contribution in [0.15, 0.2) is 12.2 Å². The van der Waals surface area contributed by atoms with Gasteiger partial charge in [-0.15, -0.1) is 0 Å². The molecule has 2 N–H and O–H groups in total. The number of carbonyl (C=O) groups is 2. The molecule has 0 aliphatic heterocycles. The van der Waals surface area contributed by atoms with E-state index in [1.165, 1.54) is 13.8 Å². The normalized spacial score (nSPS) is 32.2. The molecule has 0 aromatic carbocycles. The molecule has 10 heteroatoms. The zero-order valence-corrected chi connectivity index (χ0v) is 27.7. The summed E-state index contributed by atoms with van der Waals surface area (Å²) in [4.78, 5) is 25.3. The van der Waals surface area contributed by atoms with Crippen molar-refractivity contribution >= 4 is 11.8 Å². The maximum Gasteiger partial charge on any atom is 0.419 e. The van der Waals surface area contributed by atoms with Crippen LogP contribution in [-0.2, 0) is 23.8 Å². The minimum Gasteiger partial charge on any atom is -0.454 e. The van der Waals surface area contributed by atoms with Crippen molar-refractivity contribution in [1.82, 2.24) is 0 Å². The lowest BCUT2D eigenvalue weighted by Gasteiger charge is -2.73. The summed E-state index contributed by atoms with van der Waals surface area (Å²) in [5.41, 5.74) is -7.46. The Kier molecular flexibility index (Phi) is 9.28. The molecular formula is C33H53F3O7. The van der Waals surface area contributed by atoms with Crippen molar-refractivity contribution in [2.24, 2.45) is 22.2 Å². The second-order valence-corrected chi connectivity index (χ2v) is 16.0. The van der Waals surface area contributed by atoms with Gasteiger partial charge >= 0.3 is 12.1 Å². The molecule has 4 bridgehead atoms. The Hall–Kier alpha value is -1.49. The summed E-state index contributed by atoms with van der Waals surface area (Å²) < 4.78 is 59.4. The van der Waals surface area contributed by atoms with Crippen molar-refractivity contribution in [3.63, 3.8) is 0 Å². The van der Waals surface area contributed by atoms with Crippen LogP contribution in [0.3, 0.4) is 0 Å². The number of aliphatic hydroxyl groups is 2. The Morgan fingerprint density at radius 2 is 1.33 bits per heavy atom. The highest BCUT2D eigenvalue weighted by Gasteiger charge is 2.71. The van der Waals surface area contributed by atoms with Crippen LogP contribution in [0.5, 0.6) is 0 Å². The molecule has 4 fully saturated rings. The van der Waals surface area contributed by atoms with Gasteiger partial charge in [0, 0.05) is 22.8 Å². The number of hydrogen-bond donors (Lipinski definition) is 2. The van der Waals surface area contributed by atoms with E-state index < -0.39 is 63.0 Å². The molecule has 7 unspecified atom stereocenters. The van der Waals surface area contributed by atoms with E-state index in [-0.39, 0.29) is 30.3 Å². The average molecular weight is 619 g/mol. The fourth-order valence-electron chi connectivity index (χ4n) is 8.54.